The lowest BCUT2D eigenvalue weighted by molar-refractivity contribution is -0.00511. The second kappa shape index (κ2) is 12.3. The van der Waals surface area contributed by atoms with Crippen molar-refractivity contribution < 1.29 is 0 Å². The van der Waals surface area contributed by atoms with Crippen molar-refractivity contribution in [2.75, 3.05) is 39.3 Å². The van der Waals surface area contributed by atoms with Crippen LogP contribution in [0.5, 0.6) is 0 Å². The highest BCUT2D eigenvalue weighted by Crippen LogP contribution is 2.24. The maximum atomic E-state index is 4.32. The van der Waals surface area contributed by atoms with Crippen LogP contribution in [0.15, 0.2) is 49.6 Å². The largest absolute Gasteiger partial charge is 0.296 e. The first-order chi connectivity index (χ1) is 12.1. The molecule has 0 aliphatic carbocycles. The first-order valence-electron chi connectivity index (χ1n) is 9.87. The third-order valence-electron chi connectivity index (χ3n) is 4.82. The van der Waals surface area contributed by atoms with Crippen LogP contribution in [0.2, 0.25) is 0 Å². The van der Waals surface area contributed by atoms with Crippen LogP contribution in [0.1, 0.15) is 48.0 Å². The molecule has 0 aromatic heterocycles. The summed E-state index contributed by atoms with van der Waals surface area (Å²) in [6, 6.07) is 0.484. The molecule has 0 aliphatic rings. The normalized spacial score (nSPS) is 12.2. The Hall–Kier alpha value is -1.16. The van der Waals surface area contributed by atoms with E-state index >= 15 is 0 Å². The molecule has 0 saturated heterocycles. The Morgan fingerprint density at radius 1 is 0.923 bits per heavy atom. The fraction of sp³-hybridized carbons (Fsp3) is 0.652. The second-order valence-electron chi connectivity index (χ2n) is 8.36. The van der Waals surface area contributed by atoms with Gasteiger partial charge in [-0.3, -0.25) is 4.90 Å². The number of rotatable bonds is 14. The van der Waals surface area contributed by atoms with Gasteiger partial charge in [0.05, 0.1) is 0 Å². The zero-order chi connectivity index (χ0) is 20.3. The van der Waals surface area contributed by atoms with E-state index in [0.29, 0.717) is 6.04 Å². The van der Waals surface area contributed by atoms with Crippen LogP contribution in [0, 0.1) is 5.41 Å². The number of hydrogen-bond acceptors (Lipinski definition) is 3. The molecule has 0 rings (SSSR count). The molecule has 0 aliphatic heterocycles. The van der Waals surface area contributed by atoms with Crippen molar-refractivity contribution in [3.8, 4) is 0 Å². The minimum atomic E-state index is 0.141. The summed E-state index contributed by atoms with van der Waals surface area (Å²) in [5, 5.41) is 4.70. The molecule has 0 amide bonds. The minimum absolute atomic E-state index is 0.141. The van der Waals surface area contributed by atoms with Gasteiger partial charge in [0.15, 0.2) is 0 Å². The molecule has 0 N–H and O–H groups in total. The average Bonchev–Trinajstić information content (AvgIpc) is 2.55. The van der Waals surface area contributed by atoms with Gasteiger partial charge in [-0.2, -0.15) is 0 Å². The van der Waals surface area contributed by atoms with Gasteiger partial charge in [-0.05, 0) is 25.7 Å². The number of hydrogen-bond donors (Lipinski definition) is 0. The summed E-state index contributed by atoms with van der Waals surface area (Å²) in [7, 11) is 0. The minimum Gasteiger partial charge on any atom is -0.296 e. The standard InChI is InChI=1S/C23H43N3/c1-11-14-25(26(15-12-2)18-21(6)13-3)17-16-24(20(4)5)19-22(7)23(8,9)10/h11-12,20H,1-2,6-7,13-19H2,3-5,8-10H3. The van der Waals surface area contributed by atoms with Gasteiger partial charge in [-0.25, -0.2) is 10.0 Å². The smallest absolute Gasteiger partial charge is 0.0344 e. The Bertz CT molecular complexity index is 457. The molecule has 0 aromatic carbocycles. The van der Waals surface area contributed by atoms with Gasteiger partial charge in [-0.1, -0.05) is 64.2 Å². The third-order valence-corrected chi connectivity index (χ3v) is 4.82. The van der Waals surface area contributed by atoms with E-state index in [0.717, 1.165) is 45.7 Å². The molecule has 26 heavy (non-hydrogen) atoms. The maximum absolute atomic E-state index is 4.32. The van der Waals surface area contributed by atoms with E-state index < -0.39 is 0 Å². The Balaban J connectivity index is 5.07. The van der Waals surface area contributed by atoms with Crippen molar-refractivity contribution in [1.82, 2.24) is 14.9 Å². The van der Waals surface area contributed by atoms with Crippen LogP contribution in [0.4, 0.5) is 0 Å². The zero-order valence-corrected chi connectivity index (χ0v) is 18.4. The monoisotopic (exact) mass is 361 g/mol. The van der Waals surface area contributed by atoms with Crippen LogP contribution in [-0.2, 0) is 0 Å². The summed E-state index contributed by atoms with van der Waals surface area (Å²) in [6.45, 7) is 35.1. The molecule has 0 aromatic rings. The highest BCUT2D eigenvalue weighted by molar-refractivity contribution is 5.07. The lowest BCUT2D eigenvalue weighted by Gasteiger charge is -2.37. The van der Waals surface area contributed by atoms with Crippen LogP contribution < -0.4 is 0 Å². The lowest BCUT2D eigenvalue weighted by atomic mass is 9.87. The fourth-order valence-corrected chi connectivity index (χ4v) is 2.54. The molecule has 3 nitrogen and oxygen atoms in total. The molecule has 150 valence electrons. The van der Waals surface area contributed by atoms with Crippen LogP contribution >= 0.6 is 0 Å². The molecule has 0 bridgehead atoms. The molecule has 0 fully saturated rings. The SMILES string of the molecule is C=CCN(CCN(CC(=C)C(C)(C)C)C(C)C)N(CC=C)CC(=C)CC. The number of hydrazine groups is 1. The van der Waals surface area contributed by atoms with Crippen molar-refractivity contribution in [3.05, 3.63) is 49.6 Å². The summed E-state index contributed by atoms with van der Waals surface area (Å²) >= 11 is 0. The Kier molecular flexibility index (Phi) is 11.7. The van der Waals surface area contributed by atoms with Crippen LogP contribution in [0.3, 0.4) is 0 Å². The van der Waals surface area contributed by atoms with E-state index in [1.807, 2.05) is 12.2 Å². The summed E-state index contributed by atoms with van der Waals surface area (Å²) < 4.78 is 0. The summed E-state index contributed by atoms with van der Waals surface area (Å²) in [4.78, 5) is 2.50. The topological polar surface area (TPSA) is 9.72 Å². The highest BCUT2D eigenvalue weighted by atomic mass is 15.6. The van der Waals surface area contributed by atoms with E-state index in [9.17, 15) is 0 Å². The molecule has 0 spiro atoms. The lowest BCUT2D eigenvalue weighted by Crippen LogP contribution is -2.48. The van der Waals surface area contributed by atoms with Gasteiger partial charge in [0.25, 0.3) is 0 Å². The maximum Gasteiger partial charge on any atom is 0.0344 e. The predicted octanol–water partition coefficient (Wildman–Crippen LogP) is 5.16. The van der Waals surface area contributed by atoms with Crippen molar-refractivity contribution in [1.29, 1.82) is 0 Å². The van der Waals surface area contributed by atoms with Crippen molar-refractivity contribution in [2.24, 2.45) is 5.41 Å². The summed E-state index contributed by atoms with van der Waals surface area (Å²) in [6.07, 6.45) is 4.93. The quantitative estimate of drug-likeness (QED) is 0.313. The van der Waals surface area contributed by atoms with E-state index in [1.165, 1.54) is 11.1 Å². The van der Waals surface area contributed by atoms with E-state index in [4.69, 9.17) is 0 Å². The van der Waals surface area contributed by atoms with Gasteiger partial charge in [0.2, 0.25) is 0 Å². The van der Waals surface area contributed by atoms with Gasteiger partial charge in [0, 0.05) is 45.3 Å². The molecule has 0 unspecified atom stereocenters. The predicted molar refractivity (Wildman–Crippen MR) is 118 cm³/mol. The summed E-state index contributed by atoms with van der Waals surface area (Å²) in [5.74, 6) is 0. The molecule has 3 heteroatoms. The third kappa shape index (κ3) is 9.51. The van der Waals surface area contributed by atoms with Gasteiger partial charge in [-0.15, -0.1) is 13.2 Å². The molecule has 0 heterocycles. The molecular formula is C23H43N3. The molecular weight excluding hydrogens is 318 g/mol. The molecule has 0 radical (unpaired) electrons. The first-order valence-corrected chi connectivity index (χ1v) is 9.87. The van der Waals surface area contributed by atoms with Crippen LogP contribution in [0.25, 0.3) is 0 Å². The van der Waals surface area contributed by atoms with Crippen molar-refractivity contribution in [2.45, 2.75) is 54.0 Å². The van der Waals surface area contributed by atoms with Crippen molar-refractivity contribution in [3.63, 3.8) is 0 Å². The van der Waals surface area contributed by atoms with E-state index in [1.54, 1.807) is 0 Å². The average molecular weight is 362 g/mol. The van der Waals surface area contributed by atoms with E-state index in [2.05, 4.69) is 82.8 Å². The fourth-order valence-electron chi connectivity index (χ4n) is 2.54. The Labute approximate surface area is 163 Å². The first kappa shape index (κ1) is 24.8. The highest BCUT2D eigenvalue weighted by Gasteiger charge is 2.21. The zero-order valence-electron chi connectivity index (χ0n) is 18.4. The Morgan fingerprint density at radius 3 is 1.88 bits per heavy atom. The summed E-state index contributed by atoms with van der Waals surface area (Å²) in [5.41, 5.74) is 2.66. The van der Waals surface area contributed by atoms with E-state index in [-0.39, 0.29) is 5.41 Å². The number of nitrogens with zero attached hydrogens (tertiary/aromatic N) is 3. The van der Waals surface area contributed by atoms with Crippen molar-refractivity contribution >= 4 is 0 Å². The van der Waals surface area contributed by atoms with Crippen LogP contribution in [-0.4, -0.2) is 60.2 Å². The Morgan fingerprint density at radius 2 is 1.46 bits per heavy atom. The van der Waals surface area contributed by atoms with Gasteiger partial charge < -0.3 is 0 Å². The second-order valence-corrected chi connectivity index (χ2v) is 8.36. The molecule has 0 saturated carbocycles. The van der Waals surface area contributed by atoms with Gasteiger partial charge >= 0.3 is 0 Å². The molecule has 0 atom stereocenters. The van der Waals surface area contributed by atoms with Gasteiger partial charge in [0.1, 0.15) is 0 Å².